The normalized spacial score (nSPS) is 21.3. The maximum Gasteiger partial charge on any atom is 0.307 e. The van der Waals surface area contributed by atoms with Crippen molar-refractivity contribution in [3.63, 3.8) is 0 Å². The Labute approximate surface area is 113 Å². The Bertz CT molecular complexity index is 701. The molecule has 0 radical (unpaired) electrons. The fraction of sp³-hybridized carbons (Fsp3) is 0.231. The van der Waals surface area contributed by atoms with Crippen molar-refractivity contribution < 1.29 is 14.7 Å². The molecular weight excluding hydrogens is 268 g/mol. The number of ketones is 1. The molecule has 0 spiro atoms. The summed E-state index contributed by atoms with van der Waals surface area (Å²) in [6.45, 7) is 0. The molecule has 1 fully saturated rings. The quantitative estimate of drug-likeness (QED) is 0.869. The van der Waals surface area contributed by atoms with E-state index >= 15 is 0 Å². The third kappa shape index (κ3) is 2.06. The van der Waals surface area contributed by atoms with Crippen molar-refractivity contribution in [1.82, 2.24) is 10.2 Å². The van der Waals surface area contributed by atoms with E-state index in [4.69, 9.17) is 16.7 Å². The first-order chi connectivity index (χ1) is 9.08. The summed E-state index contributed by atoms with van der Waals surface area (Å²) in [5.41, 5.74) is 0.963. The van der Waals surface area contributed by atoms with Crippen LogP contribution in [0.25, 0.3) is 10.9 Å². The fourth-order valence-electron chi connectivity index (χ4n) is 2.17. The van der Waals surface area contributed by atoms with Crippen LogP contribution in [0.3, 0.4) is 0 Å². The molecule has 0 saturated heterocycles. The summed E-state index contributed by atoms with van der Waals surface area (Å²) >= 11 is 6.06. The summed E-state index contributed by atoms with van der Waals surface area (Å²) in [5, 5.41) is 17.5. The van der Waals surface area contributed by atoms with Crippen LogP contribution in [0.2, 0.25) is 5.02 Å². The molecule has 0 bridgehead atoms. The minimum Gasteiger partial charge on any atom is -0.481 e. The number of Topliss-reactive ketones (excluding diaryl/α,β-unsaturated/α-hetero) is 1. The predicted molar refractivity (Wildman–Crippen MR) is 68.1 cm³/mol. The van der Waals surface area contributed by atoms with Crippen molar-refractivity contribution in [3.05, 3.63) is 35.0 Å². The molecule has 1 N–H and O–H groups in total. The average Bonchev–Trinajstić information content (AvgIpc) is 3.18. The van der Waals surface area contributed by atoms with E-state index in [0.29, 0.717) is 22.5 Å². The van der Waals surface area contributed by atoms with Gasteiger partial charge in [0, 0.05) is 16.9 Å². The minimum atomic E-state index is -0.920. The van der Waals surface area contributed by atoms with Gasteiger partial charge in [-0.25, -0.2) is 0 Å². The summed E-state index contributed by atoms with van der Waals surface area (Å²) in [6.07, 6.45) is 1.92. The first-order valence-corrected chi connectivity index (χ1v) is 6.13. The molecular formula is C13H9ClN2O3. The van der Waals surface area contributed by atoms with Gasteiger partial charge >= 0.3 is 5.97 Å². The summed E-state index contributed by atoms with van der Waals surface area (Å²) in [6, 6.07) is 4.92. The monoisotopic (exact) mass is 276 g/mol. The lowest BCUT2D eigenvalue weighted by atomic mass is 10.0. The number of aliphatic carboxylic acids is 1. The third-order valence-corrected chi connectivity index (χ3v) is 3.59. The van der Waals surface area contributed by atoms with Gasteiger partial charge in [0.15, 0.2) is 5.78 Å². The van der Waals surface area contributed by atoms with Crippen molar-refractivity contribution in [2.45, 2.75) is 6.42 Å². The Morgan fingerprint density at radius 2 is 2.11 bits per heavy atom. The molecule has 19 heavy (non-hydrogen) atoms. The lowest BCUT2D eigenvalue weighted by Gasteiger charge is -2.03. The fourth-order valence-corrected chi connectivity index (χ4v) is 2.44. The number of carboxylic acids is 1. The smallest absolute Gasteiger partial charge is 0.307 e. The van der Waals surface area contributed by atoms with E-state index in [1.54, 1.807) is 12.1 Å². The Balaban J connectivity index is 1.98. The van der Waals surface area contributed by atoms with Gasteiger partial charge in [-0.05, 0) is 24.6 Å². The number of fused-ring (bicyclic) bond motifs is 1. The molecule has 1 aromatic carbocycles. The van der Waals surface area contributed by atoms with E-state index in [0.717, 1.165) is 5.39 Å². The van der Waals surface area contributed by atoms with E-state index in [-0.39, 0.29) is 5.78 Å². The van der Waals surface area contributed by atoms with Gasteiger partial charge in [-0.1, -0.05) is 11.6 Å². The SMILES string of the molecule is O=C(O)[C@H]1C[C@@H]1C(=O)c1cc(Cl)c2nnccc2c1. The van der Waals surface area contributed by atoms with Crippen LogP contribution in [-0.4, -0.2) is 27.1 Å². The highest BCUT2D eigenvalue weighted by Gasteiger charge is 2.48. The molecule has 1 saturated carbocycles. The molecule has 1 heterocycles. The number of benzene rings is 1. The average molecular weight is 277 g/mol. The standard InChI is InChI=1S/C13H9ClN2O3/c14-10-4-7(3-6-1-2-15-16-11(6)10)12(17)8-5-9(8)13(18)19/h1-4,8-9H,5H2,(H,18,19)/t8-,9-/m0/s1. The van der Waals surface area contributed by atoms with Gasteiger partial charge in [-0.2, -0.15) is 5.10 Å². The van der Waals surface area contributed by atoms with Crippen LogP contribution in [0.4, 0.5) is 0 Å². The summed E-state index contributed by atoms with van der Waals surface area (Å²) in [4.78, 5) is 23.0. The minimum absolute atomic E-state index is 0.173. The molecule has 6 heteroatoms. The van der Waals surface area contributed by atoms with Gasteiger partial charge in [-0.3, -0.25) is 9.59 Å². The lowest BCUT2D eigenvalue weighted by molar-refractivity contribution is -0.138. The van der Waals surface area contributed by atoms with Crippen molar-refractivity contribution in [2.24, 2.45) is 11.8 Å². The second kappa shape index (κ2) is 4.28. The van der Waals surface area contributed by atoms with Gasteiger partial charge < -0.3 is 5.11 Å². The molecule has 1 aromatic heterocycles. The number of carboxylic acid groups (broad SMARTS) is 1. The van der Waals surface area contributed by atoms with Gasteiger partial charge in [0.05, 0.1) is 17.1 Å². The Morgan fingerprint density at radius 3 is 2.79 bits per heavy atom. The molecule has 96 valence electrons. The highest BCUT2D eigenvalue weighted by molar-refractivity contribution is 6.35. The van der Waals surface area contributed by atoms with Crippen LogP contribution >= 0.6 is 11.6 Å². The number of carbonyl (C=O) groups excluding carboxylic acids is 1. The molecule has 0 aliphatic heterocycles. The number of hydrogen-bond acceptors (Lipinski definition) is 4. The molecule has 0 amide bonds. The van der Waals surface area contributed by atoms with Crippen LogP contribution in [0.1, 0.15) is 16.8 Å². The first kappa shape index (κ1) is 12.0. The Morgan fingerprint density at radius 1 is 1.32 bits per heavy atom. The predicted octanol–water partition coefficient (Wildman–Crippen LogP) is 2.19. The summed E-state index contributed by atoms with van der Waals surface area (Å²) in [5.74, 6) is -2.08. The maximum absolute atomic E-state index is 12.2. The van der Waals surface area contributed by atoms with Crippen molar-refractivity contribution in [2.75, 3.05) is 0 Å². The molecule has 0 unspecified atom stereocenters. The molecule has 3 rings (SSSR count). The van der Waals surface area contributed by atoms with Crippen molar-refractivity contribution in [3.8, 4) is 0 Å². The zero-order valence-corrected chi connectivity index (χ0v) is 10.5. The van der Waals surface area contributed by atoms with Gasteiger partial charge in [0.2, 0.25) is 0 Å². The zero-order valence-electron chi connectivity index (χ0n) is 9.71. The topological polar surface area (TPSA) is 80.1 Å². The van der Waals surface area contributed by atoms with Crippen LogP contribution < -0.4 is 0 Å². The Hall–Kier alpha value is -2.01. The van der Waals surface area contributed by atoms with E-state index in [2.05, 4.69) is 10.2 Å². The number of halogens is 1. The number of hydrogen-bond donors (Lipinski definition) is 1. The number of carbonyl (C=O) groups is 2. The van der Waals surface area contributed by atoms with Crippen molar-refractivity contribution >= 4 is 34.3 Å². The third-order valence-electron chi connectivity index (χ3n) is 3.30. The number of rotatable bonds is 3. The maximum atomic E-state index is 12.2. The van der Waals surface area contributed by atoms with Gasteiger partial charge in [0.25, 0.3) is 0 Å². The first-order valence-electron chi connectivity index (χ1n) is 5.76. The van der Waals surface area contributed by atoms with E-state index in [9.17, 15) is 9.59 Å². The van der Waals surface area contributed by atoms with E-state index < -0.39 is 17.8 Å². The Kier molecular flexibility index (Phi) is 2.71. The number of nitrogens with zero attached hydrogens (tertiary/aromatic N) is 2. The molecule has 2 aromatic rings. The second-order valence-electron chi connectivity index (χ2n) is 4.58. The zero-order chi connectivity index (χ0) is 13.6. The molecule has 5 nitrogen and oxygen atoms in total. The summed E-state index contributed by atoms with van der Waals surface area (Å²) < 4.78 is 0. The van der Waals surface area contributed by atoms with Gasteiger partial charge in [-0.15, -0.1) is 5.10 Å². The summed E-state index contributed by atoms with van der Waals surface area (Å²) in [7, 11) is 0. The molecule has 1 aliphatic carbocycles. The van der Waals surface area contributed by atoms with Crippen LogP contribution in [0, 0.1) is 11.8 Å². The molecule has 2 atom stereocenters. The van der Waals surface area contributed by atoms with Crippen LogP contribution in [-0.2, 0) is 4.79 Å². The number of aromatic nitrogens is 2. The van der Waals surface area contributed by atoms with Crippen molar-refractivity contribution in [1.29, 1.82) is 0 Å². The van der Waals surface area contributed by atoms with Crippen LogP contribution in [0.5, 0.6) is 0 Å². The second-order valence-corrected chi connectivity index (χ2v) is 4.99. The van der Waals surface area contributed by atoms with E-state index in [1.807, 2.05) is 0 Å². The van der Waals surface area contributed by atoms with Crippen LogP contribution in [0.15, 0.2) is 24.4 Å². The van der Waals surface area contributed by atoms with E-state index in [1.165, 1.54) is 12.3 Å². The molecule has 1 aliphatic rings. The largest absolute Gasteiger partial charge is 0.481 e. The highest BCUT2D eigenvalue weighted by atomic mass is 35.5. The van der Waals surface area contributed by atoms with Gasteiger partial charge in [0.1, 0.15) is 5.52 Å². The lowest BCUT2D eigenvalue weighted by Crippen LogP contribution is -2.08. The highest BCUT2D eigenvalue weighted by Crippen LogP contribution is 2.41.